The standard InChI is InChI=1S/C18H18ClN5OS/c1-2-3-9-17(25)21-18(26)20-14-11-16-15(10-13(14)19)22-24(23-16)12-7-5-4-6-8-12/h4-8,10-11H,2-3,9H2,1H3,(H2,20,21,25,26). The minimum atomic E-state index is -0.114. The summed E-state index contributed by atoms with van der Waals surface area (Å²) < 4.78 is 0. The third-order valence-electron chi connectivity index (χ3n) is 3.71. The van der Waals surface area contributed by atoms with Crippen LogP contribution in [-0.2, 0) is 4.79 Å². The molecule has 0 saturated carbocycles. The van der Waals surface area contributed by atoms with Gasteiger partial charge in [-0.2, -0.15) is 4.80 Å². The van der Waals surface area contributed by atoms with Crippen LogP contribution in [0.2, 0.25) is 5.02 Å². The van der Waals surface area contributed by atoms with Crippen LogP contribution in [0.4, 0.5) is 5.69 Å². The molecule has 1 amide bonds. The Morgan fingerprint density at radius 3 is 2.58 bits per heavy atom. The molecule has 3 aromatic rings. The van der Waals surface area contributed by atoms with Crippen LogP contribution in [-0.4, -0.2) is 26.0 Å². The average molecular weight is 388 g/mol. The van der Waals surface area contributed by atoms with Crippen LogP contribution in [0.3, 0.4) is 0 Å². The van der Waals surface area contributed by atoms with Crippen LogP contribution in [0.5, 0.6) is 0 Å². The Hall–Kier alpha value is -2.51. The van der Waals surface area contributed by atoms with Crippen LogP contribution < -0.4 is 10.6 Å². The lowest BCUT2D eigenvalue weighted by molar-refractivity contribution is -0.119. The van der Waals surface area contributed by atoms with Crippen molar-refractivity contribution in [3.63, 3.8) is 0 Å². The van der Waals surface area contributed by atoms with E-state index < -0.39 is 0 Å². The summed E-state index contributed by atoms with van der Waals surface area (Å²) in [4.78, 5) is 13.3. The largest absolute Gasteiger partial charge is 0.331 e. The van der Waals surface area contributed by atoms with E-state index in [2.05, 4.69) is 20.8 Å². The summed E-state index contributed by atoms with van der Waals surface area (Å²) in [5, 5.41) is 15.2. The number of halogens is 1. The van der Waals surface area contributed by atoms with Gasteiger partial charge in [0.2, 0.25) is 5.91 Å². The Morgan fingerprint density at radius 2 is 1.88 bits per heavy atom. The Bertz CT molecular complexity index is 941. The van der Waals surface area contributed by atoms with Crippen molar-refractivity contribution in [3.8, 4) is 5.69 Å². The minimum absolute atomic E-state index is 0.114. The number of amides is 1. The minimum Gasteiger partial charge on any atom is -0.331 e. The van der Waals surface area contributed by atoms with E-state index in [1.54, 1.807) is 16.9 Å². The lowest BCUT2D eigenvalue weighted by Crippen LogP contribution is -2.33. The highest BCUT2D eigenvalue weighted by Crippen LogP contribution is 2.27. The first-order valence-corrected chi connectivity index (χ1v) is 9.08. The normalized spacial score (nSPS) is 10.7. The van der Waals surface area contributed by atoms with Crippen molar-refractivity contribution in [1.82, 2.24) is 20.3 Å². The summed E-state index contributed by atoms with van der Waals surface area (Å²) in [5.41, 5.74) is 2.76. The van der Waals surface area contributed by atoms with Gasteiger partial charge >= 0.3 is 0 Å². The second-order valence-corrected chi connectivity index (χ2v) is 6.57. The number of benzene rings is 2. The summed E-state index contributed by atoms with van der Waals surface area (Å²) in [5.74, 6) is -0.114. The maximum atomic E-state index is 11.8. The van der Waals surface area contributed by atoms with Crippen molar-refractivity contribution in [3.05, 3.63) is 47.5 Å². The topological polar surface area (TPSA) is 71.8 Å². The molecule has 0 spiro atoms. The number of hydrogen-bond donors (Lipinski definition) is 2. The van der Waals surface area contributed by atoms with Crippen LogP contribution in [0.1, 0.15) is 26.2 Å². The zero-order valence-corrected chi connectivity index (χ0v) is 15.8. The van der Waals surface area contributed by atoms with Gasteiger partial charge in [-0.3, -0.25) is 4.79 Å². The first-order valence-electron chi connectivity index (χ1n) is 8.29. The second kappa shape index (κ2) is 8.25. The smallest absolute Gasteiger partial charge is 0.226 e. The third-order valence-corrected chi connectivity index (χ3v) is 4.23. The highest BCUT2D eigenvalue weighted by molar-refractivity contribution is 7.80. The fraction of sp³-hybridized carbons (Fsp3) is 0.222. The predicted molar refractivity (Wildman–Crippen MR) is 108 cm³/mol. The molecule has 0 fully saturated rings. The molecule has 2 aromatic carbocycles. The molecule has 1 aromatic heterocycles. The van der Waals surface area contributed by atoms with E-state index in [0.29, 0.717) is 28.2 Å². The van der Waals surface area contributed by atoms with Crippen molar-refractivity contribution in [2.45, 2.75) is 26.2 Å². The number of hydrogen-bond acceptors (Lipinski definition) is 4. The van der Waals surface area contributed by atoms with Crippen LogP contribution in [0.25, 0.3) is 16.7 Å². The fourth-order valence-corrected chi connectivity index (χ4v) is 2.82. The molecule has 6 nitrogen and oxygen atoms in total. The number of nitrogens with zero attached hydrogens (tertiary/aromatic N) is 3. The summed E-state index contributed by atoms with van der Waals surface area (Å²) in [6.45, 7) is 2.03. The maximum Gasteiger partial charge on any atom is 0.226 e. The molecule has 0 aliphatic carbocycles. The molecular weight excluding hydrogens is 370 g/mol. The number of unbranched alkanes of at least 4 members (excludes halogenated alkanes) is 1. The lowest BCUT2D eigenvalue weighted by atomic mass is 10.2. The number of carbonyl (C=O) groups is 1. The number of nitrogens with one attached hydrogen (secondary N) is 2. The number of rotatable bonds is 5. The maximum absolute atomic E-state index is 11.8. The Labute approximate surface area is 161 Å². The van der Waals surface area contributed by atoms with Crippen LogP contribution in [0.15, 0.2) is 42.5 Å². The predicted octanol–water partition coefficient (Wildman–Crippen LogP) is 4.08. The zero-order chi connectivity index (χ0) is 18.5. The van der Waals surface area contributed by atoms with Gasteiger partial charge in [0.1, 0.15) is 11.0 Å². The SMILES string of the molecule is CCCCC(=O)NC(=S)Nc1cc2nn(-c3ccccc3)nc2cc1Cl. The first-order chi connectivity index (χ1) is 12.6. The molecule has 0 atom stereocenters. The van der Waals surface area contributed by atoms with E-state index in [0.717, 1.165) is 18.5 Å². The van der Waals surface area contributed by atoms with E-state index in [-0.39, 0.29) is 11.0 Å². The quantitative estimate of drug-likeness (QED) is 0.645. The number of carbonyl (C=O) groups excluding carboxylic acids is 1. The molecule has 2 N–H and O–H groups in total. The van der Waals surface area contributed by atoms with E-state index in [1.807, 2.05) is 37.3 Å². The number of fused-ring (bicyclic) bond motifs is 1. The highest BCUT2D eigenvalue weighted by atomic mass is 35.5. The molecule has 1 heterocycles. The van der Waals surface area contributed by atoms with Gasteiger partial charge in [0, 0.05) is 6.42 Å². The zero-order valence-electron chi connectivity index (χ0n) is 14.2. The average Bonchev–Trinajstić information content (AvgIpc) is 3.03. The molecule has 26 heavy (non-hydrogen) atoms. The van der Waals surface area contributed by atoms with Gasteiger partial charge in [-0.1, -0.05) is 43.1 Å². The van der Waals surface area contributed by atoms with Crippen molar-refractivity contribution in [2.24, 2.45) is 0 Å². The summed E-state index contributed by atoms with van der Waals surface area (Å²) >= 11 is 11.5. The number of aromatic nitrogens is 3. The number of thiocarbonyl (C=S) groups is 1. The molecule has 0 radical (unpaired) electrons. The van der Waals surface area contributed by atoms with E-state index in [4.69, 9.17) is 23.8 Å². The molecule has 8 heteroatoms. The van der Waals surface area contributed by atoms with Crippen molar-refractivity contribution >= 4 is 51.6 Å². The highest BCUT2D eigenvalue weighted by Gasteiger charge is 2.11. The molecule has 0 aliphatic rings. The molecule has 134 valence electrons. The Balaban J connectivity index is 1.78. The number of para-hydroxylation sites is 1. The Morgan fingerprint density at radius 1 is 1.19 bits per heavy atom. The van der Waals surface area contributed by atoms with Gasteiger partial charge in [-0.05, 0) is 42.9 Å². The van der Waals surface area contributed by atoms with Gasteiger partial charge in [0.15, 0.2) is 5.11 Å². The van der Waals surface area contributed by atoms with Crippen molar-refractivity contribution < 1.29 is 4.79 Å². The fourth-order valence-electron chi connectivity index (χ4n) is 2.39. The lowest BCUT2D eigenvalue weighted by Gasteiger charge is -2.10. The molecule has 0 aliphatic heterocycles. The van der Waals surface area contributed by atoms with E-state index in [1.165, 1.54) is 0 Å². The van der Waals surface area contributed by atoms with Gasteiger partial charge in [0.05, 0.1) is 16.4 Å². The molecule has 3 rings (SSSR count). The van der Waals surface area contributed by atoms with Gasteiger partial charge in [-0.25, -0.2) is 0 Å². The summed E-state index contributed by atoms with van der Waals surface area (Å²) in [6, 6.07) is 13.1. The molecule has 0 bridgehead atoms. The first kappa shape index (κ1) is 18.3. The second-order valence-electron chi connectivity index (χ2n) is 5.75. The Kier molecular flexibility index (Phi) is 5.80. The van der Waals surface area contributed by atoms with Gasteiger partial charge < -0.3 is 10.6 Å². The van der Waals surface area contributed by atoms with E-state index in [9.17, 15) is 4.79 Å². The molecular formula is C18H18ClN5OS. The summed E-state index contributed by atoms with van der Waals surface area (Å²) in [7, 11) is 0. The number of anilines is 1. The van der Waals surface area contributed by atoms with Crippen LogP contribution in [0, 0.1) is 0 Å². The van der Waals surface area contributed by atoms with Crippen LogP contribution >= 0.6 is 23.8 Å². The molecule has 0 unspecified atom stereocenters. The summed E-state index contributed by atoms with van der Waals surface area (Å²) in [6.07, 6.45) is 2.22. The third kappa shape index (κ3) is 4.36. The molecule has 0 saturated heterocycles. The van der Waals surface area contributed by atoms with Gasteiger partial charge in [0.25, 0.3) is 0 Å². The monoisotopic (exact) mass is 387 g/mol. The van der Waals surface area contributed by atoms with E-state index >= 15 is 0 Å². The van der Waals surface area contributed by atoms with Crippen molar-refractivity contribution in [2.75, 3.05) is 5.32 Å². The van der Waals surface area contributed by atoms with Gasteiger partial charge in [-0.15, -0.1) is 10.2 Å². The van der Waals surface area contributed by atoms with Crippen molar-refractivity contribution in [1.29, 1.82) is 0 Å².